The summed E-state index contributed by atoms with van der Waals surface area (Å²) in [6.07, 6.45) is 0.960. The van der Waals surface area contributed by atoms with Gasteiger partial charge in [0.15, 0.2) is 0 Å². The second-order valence-electron chi connectivity index (χ2n) is 5.80. The molecule has 1 saturated heterocycles. The zero-order valence-electron chi connectivity index (χ0n) is 11.2. The lowest BCUT2D eigenvalue weighted by Gasteiger charge is -2.33. The fourth-order valence-corrected chi connectivity index (χ4v) is 3.59. The minimum Gasteiger partial charge on any atom is -0.391 e. The minimum atomic E-state index is -0.683. The van der Waals surface area contributed by atoms with E-state index in [9.17, 15) is 19.5 Å². The number of carbonyl (C=O) groups excluding carboxylic acids is 3. The van der Waals surface area contributed by atoms with Crippen molar-refractivity contribution in [1.29, 1.82) is 0 Å². The van der Waals surface area contributed by atoms with E-state index in [1.54, 1.807) is 24.3 Å². The number of hydrogen-bond acceptors (Lipinski definition) is 4. The number of amides is 3. The van der Waals surface area contributed by atoms with E-state index in [0.29, 0.717) is 30.4 Å². The summed E-state index contributed by atoms with van der Waals surface area (Å²) in [6.45, 7) is 0. The Kier molecular flexibility index (Phi) is 2.47. The van der Waals surface area contributed by atoms with Crippen molar-refractivity contribution >= 4 is 17.7 Å². The number of hydrogen-bond donors (Lipinski definition) is 1. The number of fused-ring (bicyclic) bond motifs is 3. The van der Waals surface area contributed by atoms with Gasteiger partial charge in [-0.2, -0.15) is 5.01 Å². The molecular weight excluding hydrogens is 272 g/mol. The van der Waals surface area contributed by atoms with E-state index in [0.717, 1.165) is 5.01 Å². The Morgan fingerprint density at radius 1 is 1.00 bits per heavy atom. The second-order valence-corrected chi connectivity index (χ2v) is 5.80. The average Bonchev–Trinajstić information content (AvgIpc) is 2.90. The Morgan fingerprint density at radius 3 is 2.24 bits per heavy atom. The number of aliphatic hydroxyl groups excluding tert-OH is 1. The maximum absolute atomic E-state index is 12.5. The highest BCUT2D eigenvalue weighted by atomic mass is 16.3. The molecule has 6 heteroatoms. The lowest BCUT2D eigenvalue weighted by molar-refractivity contribution is -0.143. The van der Waals surface area contributed by atoms with Crippen LogP contribution in [0.2, 0.25) is 0 Å². The van der Waals surface area contributed by atoms with E-state index in [1.165, 1.54) is 5.01 Å². The quantitative estimate of drug-likeness (QED) is 0.766. The summed E-state index contributed by atoms with van der Waals surface area (Å²) in [5.41, 5.74) is 0.623. The number of aliphatic hydroxyl groups is 1. The summed E-state index contributed by atoms with van der Waals surface area (Å²) >= 11 is 0. The molecular formula is C15H14N2O4. The molecule has 21 heavy (non-hydrogen) atoms. The van der Waals surface area contributed by atoms with Crippen LogP contribution >= 0.6 is 0 Å². The molecule has 108 valence electrons. The first-order valence-corrected chi connectivity index (χ1v) is 7.08. The van der Waals surface area contributed by atoms with E-state index < -0.39 is 24.0 Å². The molecule has 1 aliphatic carbocycles. The molecule has 2 heterocycles. The van der Waals surface area contributed by atoms with Gasteiger partial charge in [-0.25, -0.2) is 5.01 Å². The third-order valence-electron chi connectivity index (χ3n) is 4.66. The van der Waals surface area contributed by atoms with Crippen LogP contribution in [-0.4, -0.2) is 45.0 Å². The highest BCUT2D eigenvalue weighted by molar-refractivity contribution is 6.21. The largest absolute Gasteiger partial charge is 0.391 e. The molecule has 2 aliphatic heterocycles. The lowest BCUT2D eigenvalue weighted by Crippen LogP contribution is -2.53. The van der Waals surface area contributed by atoms with Crippen LogP contribution in [0.1, 0.15) is 40.0 Å². The van der Waals surface area contributed by atoms with Gasteiger partial charge >= 0.3 is 0 Å². The molecule has 1 aromatic rings. The Bertz CT molecular complexity index is 636. The van der Waals surface area contributed by atoms with Crippen LogP contribution in [0.3, 0.4) is 0 Å². The molecule has 2 fully saturated rings. The van der Waals surface area contributed by atoms with Gasteiger partial charge in [0.25, 0.3) is 11.8 Å². The third-order valence-corrected chi connectivity index (χ3v) is 4.66. The number of nitrogens with zero attached hydrogens (tertiary/aromatic N) is 2. The lowest BCUT2D eigenvalue weighted by atomic mass is 9.88. The van der Waals surface area contributed by atoms with Crippen LogP contribution in [-0.2, 0) is 4.79 Å². The molecule has 2 bridgehead atoms. The van der Waals surface area contributed by atoms with Crippen LogP contribution in [0.25, 0.3) is 0 Å². The summed E-state index contributed by atoms with van der Waals surface area (Å²) in [4.78, 5) is 37.4. The SMILES string of the molecule is O=C1c2ccccc2C(=O)N1N1C(=O)[C@H]2CCC(O)[C@@H]1C2. The van der Waals surface area contributed by atoms with Crippen molar-refractivity contribution < 1.29 is 19.5 Å². The third kappa shape index (κ3) is 1.53. The van der Waals surface area contributed by atoms with Crippen molar-refractivity contribution in [2.24, 2.45) is 5.92 Å². The minimum absolute atomic E-state index is 0.192. The highest BCUT2D eigenvalue weighted by Crippen LogP contribution is 2.39. The van der Waals surface area contributed by atoms with Gasteiger partial charge in [0.2, 0.25) is 5.91 Å². The van der Waals surface area contributed by atoms with Crippen molar-refractivity contribution in [3.05, 3.63) is 35.4 Å². The Morgan fingerprint density at radius 2 is 1.62 bits per heavy atom. The van der Waals surface area contributed by atoms with Crippen molar-refractivity contribution in [3.63, 3.8) is 0 Å². The zero-order chi connectivity index (χ0) is 14.7. The maximum atomic E-state index is 12.5. The summed E-state index contributed by atoms with van der Waals surface area (Å²) in [5, 5.41) is 12.2. The predicted molar refractivity (Wildman–Crippen MR) is 70.9 cm³/mol. The van der Waals surface area contributed by atoms with Crippen LogP contribution in [0.5, 0.6) is 0 Å². The van der Waals surface area contributed by atoms with Crippen molar-refractivity contribution in [2.75, 3.05) is 0 Å². The fourth-order valence-electron chi connectivity index (χ4n) is 3.59. The first-order chi connectivity index (χ1) is 10.1. The molecule has 6 nitrogen and oxygen atoms in total. The molecule has 3 aliphatic rings. The molecule has 1 aromatic carbocycles. The summed E-state index contributed by atoms with van der Waals surface area (Å²) in [6, 6.07) is 6.06. The van der Waals surface area contributed by atoms with Crippen molar-refractivity contribution in [2.45, 2.75) is 31.4 Å². The van der Waals surface area contributed by atoms with Gasteiger partial charge in [-0.3, -0.25) is 14.4 Å². The number of imide groups is 1. The molecule has 0 radical (unpaired) electrons. The Labute approximate surface area is 120 Å². The van der Waals surface area contributed by atoms with Gasteiger partial charge in [0.1, 0.15) is 0 Å². The van der Waals surface area contributed by atoms with Gasteiger partial charge < -0.3 is 5.11 Å². The van der Waals surface area contributed by atoms with E-state index in [4.69, 9.17) is 0 Å². The summed E-state index contributed by atoms with van der Waals surface area (Å²) < 4.78 is 0. The summed E-state index contributed by atoms with van der Waals surface area (Å²) in [5.74, 6) is -1.39. The van der Waals surface area contributed by atoms with E-state index in [-0.39, 0.29) is 11.8 Å². The van der Waals surface area contributed by atoms with Crippen LogP contribution in [0.15, 0.2) is 24.3 Å². The molecule has 3 amide bonds. The van der Waals surface area contributed by atoms with Gasteiger partial charge in [-0.05, 0) is 31.4 Å². The molecule has 0 aromatic heterocycles. The van der Waals surface area contributed by atoms with Crippen molar-refractivity contribution in [3.8, 4) is 0 Å². The van der Waals surface area contributed by atoms with Crippen LogP contribution in [0.4, 0.5) is 0 Å². The maximum Gasteiger partial charge on any atom is 0.280 e. The number of rotatable bonds is 1. The predicted octanol–water partition coefficient (Wildman–Crippen LogP) is 0.569. The smallest absolute Gasteiger partial charge is 0.280 e. The summed E-state index contributed by atoms with van der Waals surface area (Å²) in [7, 11) is 0. The zero-order valence-corrected chi connectivity index (χ0v) is 11.2. The first kappa shape index (κ1) is 12.5. The molecule has 3 atom stereocenters. The van der Waals surface area contributed by atoms with E-state index in [2.05, 4.69) is 0 Å². The second kappa shape index (κ2) is 4.14. The monoisotopic (exact) mass is 286 g/mol. The topological polar surface area (TPSA) is 77.9 Å². The van der Waals surface area contributed by atoms with Gasteiger partial charge in [-0.15, -0.1) is 0 Å². The number of benzene rings is 1. The molecule has 1 unspecified atom stereocenters. The van der Waals surface area contributed by atoms with Gasteiger partial charge in [0.05, 0.1) is 23.3 Å². The average molecular weight is 286 g/mol. The molecule has 0 spiro atoms. The molecule has 1 saturated carbocycles. The van der Waals surface area contributed by atoms with E-state index in [1.807, 2.05) is 0 Å². The molecule has 4 rings (SSSR count). The van der Waals surface area contributed by atoms with Crippen LogP contribution in [0, 0.1) is 5.92 Å². The normalized spacial score (nSPS) is 31.1. The number of carbonyl (C=O) groups is 3. The van der Waals surface area contributed by atoms with Crippen LogP contribution < -0.4 is 0 Å². The van der Waals surface area contributed by atoms with Gasteiger partial charge in [0, 0.05) is 5.92 Å². The Hall–Kier alpha value is -2.21. The Balaban J connectivity index is 1.77. The van der Waals surface area contributed by atoms with Crippen molar-refractivity contribution in [1.82, 2.24) is 10.0 Å². The van der Waals surface area contributed by atoms with E-state index >= 15 is 0 Å². The fraction of sp³-hybridized carbons (Fsp3) is 0.400. The van der Waals surface area contributed by atoms with Gasteiger partial charge in [-0.1, -0.05) is 12.1 Å². The number of hydrazine groups is 1. The standard InChI is InChI=1S/C15H14N2O4/c18-12-6-5-8-7-11(12)16(13(8)19)17-14(20)9-3-1-2-4-10(9)15(17)21/h1-4,8,11-12,18H,5-7H2/t8-,11-,12?/m0/s1. The molecule has 1 N–H and O–H groups in total. The first-order valence-electron chi connectivity index (χ1n) is 7.08. The highest BCUT2D eigenvalue weighted by Gasteiger charge is 2.53.